The number of carbonyl (C=O) groups is 1. The lowest BCUT2D eigenvalue weighted by molar-refractivity contribution is 0.111. The molecule has 12 heavy (non-hydrogen) atoms. The molecule has 0 aromatic carbocycles. The summed E-state index contributed by atoms with van der Waals surface area (Å²) >= 11 is 5.49. The van der Waals surface area contributed by atoms with Crippen molar-refractivity contribution in [1.82, 2.24) is 4.98 Å². The maximum absolute atomic E-state index is 10.3. The normalized spacial score (nSPS) is 10.8. The molecular weight excluding hydrogens is 174 g/mol. The van der Waals surface area contributed by atoms with Gasteiger partial charge in [-0.25, -0.2) is 0 Å². The molecule has 64 valence electrons. The second-order valence-corrected chi connectivity index (χ2v) is 2.76. The van der Waals surface area contributed by atoms with Gasteiger partial charge in [0.05, 0.1) is 5.69 Å². The Morgan fingerprint density at radius 3 is 3.00 bits per heavy atom. The Labute approximate surface area is 76.2 Å². The maximum atomic E-state index is 10.3. The minimum absolute atomic E-state index is 0.598. The number of alkyl halides is 1. The molecule has 0 radical (unpaired) electrons. The summed E-state index contributed by atoms with van der Waals surface area (Å²) in [5.41, 5.74) is 1.60. The first-order valence-corrected chi connectivity index (χ1v) is 4.26. The predicted molar refractivity (Wildman–Crippen MR) is 50.6 cm³/mol. The van der Waals surface area contributed by atoms with Gasteiger partial charge in [-0.05, 0) is 18.1 Å². The summed E-state index contributed by atoms with van der Waals surface area (Å²) in [6.45, 7) is 0. The Morgan fingerprint density at radius 1 is 1.58 bits per heavy atom. The summed E-state index contributed by atoms with van der Waals surface area (Å²) in [6, 6.07) is 1.79. The van der Waals surface area contributed by atoms with E-state index in [0.717, 1.165) is 18.3 Å². The largest absolute Gasteiger partial charge is 0.358 e. The fourth-order valence-corrected chi connectivity index (χ4v) is 1.00. The average molecular weight is 184 g/mol. The van der Waals surface area contributed by atoms with Gasteiger partial charge < -0.3 is 4.98 Å². The summed E-state index contributed by atoms with van der Waals surface area (Å²) < 4.78 is 0. The molecule has 0 atom stereocenters. The molecule has 0 spiro atoms. The van der Waals surface area contributed by atoms with Crippen molar-refractivity contribution in [3.8, 4) is 0 Å². The van der Waals surface area contributed by atoms with Crippen molar-refractivity contribution in [1.29, 1.82) is 0 Å². The van der Waals surface area contributed by atoms with Crippen LogP contribution in [0.1, 0.15) is 22.5 Å². The SMILES string of the molecule is O=Cc1cc(C=CCCCl)c[nH]1. The molecule has 0 saturated heterocycles. The van der Waals surface area contributed by atoms with Gasteiger partial charge in [-0.1, -0.05) is 12.2 Å². The predicted octanol–water partition coefficient (Wildman–Crippen LogP) is 2.47. The lowest BCUT2D eigenvalue weighted by atomic mass is 10.3. The lowest BCUT2D eigenvalue weighted by Crippen LogP contribution is -1.72. The Kier molecular flexibility index (Phi) is 3.61. The van der Waals surface area contributed by atoms with E-state index >= 15 is 0 Å². The van der Waals surface area contributed by atoms with E-state index in [2.05, 4.69) is 4.98 Å². The molecule has 0 unspecified atom stereocenters. The first kappa shape index (κ1) is 9.07. The number of aromatic nitrogens is 1. The van der Waals surface area contributed by atoms with E-state index in [1.54, 1.807) is 12.3 Å². The number of hydrogen-bond acceptors (Lipinski definition) is 1. The van der Waals surface area contributed by atoms with E-state index < -0.39 is 0 Å². The van der Waals surface area contributed by atoms with E-state index in [0.29, 0.717) is 11.6 Å². The number of aldehydes is 1. The molecule has 1 N–H and O–H groups in total. The smallest absolute Gasteiger partial charge is 0.166 e. The van der Waals surface area contributed by atoms with Gasteiger partial charge in [0.2, 0.25) is 0 Å². The third-order valence-electron chi connectivity index (χ3n) is 1.44. The molecule has 0 aliphatic carbocycles. The Morgan fingerprint density at radius 2 is 2.42 bits per heavy atom. The maximum Gasteiger partial charge on any atom is 0.166 e. The van der Waals surface area contributed by atoms with E-state index in [9.17, 15) is 4.79 Å². The van der Waals surface area contributed by atoms with Crippen LogP contribution in [0.5, 0.6) is 0 Å². The number of allylic oxidation sites excluding steroid dienone is 1. The third kappa shape index (κ3) is 2.55. The number of rotatable bonds is 4. The molecule has 0 aliphatic rings. The molecule has 0 aliphatic heterocycles. The zero-order valence-electron chi connectivity index (χ0n) is 6.59. The van der Waals surface area contributed by atoms with Crippen LogP contribution >= 0.6 is 11.6 Å². The van der Waals surface area contributed by atoms with Crippen molar-refractivity contribution in [3.05, 3.63) is 29.6 Å². The van der Waals surface area contributed by atoms with Crippen LogP contribution in [0, 0.1) is 0 Å². The summed E-state index contributed by atoms with van der Waals surface area (Å²) in [6.07, 6.45) is 7.34. The molecule has 1 rings (SSSR count). The number of H-pyrrole nitrogens is 1. The van der Waals surface area contributed by atoms with Crippen molar-refractivity contribution in [2.45, 2.75) is 6.42 Å². The topological polar surface area (TPSA) is 32.9 Å². The lowest BCUT2D eigenvalue weighted by Gasteiger charge is -1.82. The summed E-state index contributed by atoms with van der Waals surface area (Å²) in [4.78, 5) is 13.1. The van der Waals surface area contributed by atoms with E-state index in [4.69, 9.17) is 11.6 Å². The Hall–Kier alpha value is -1.02. The van der Waals surface area contributed by atoms with Crippen molar-refractivity contribution >= 4 is 24.0 Å². The van der Waals surface area contributed by atoms with Gasteiger partial charge in [0.25, 0.3) is 0 Å². The highest BCUT2D eigenvalue weighted by Gasteiger charge is 1.92. The fraction of sp³-hybridized carbons (Fsp3) is 0.222. The molecule has 1 aromatic rings. The van der Waals surface area contributed by atoms with Crippen LogP contribution < -0.4 is 0 Å². The van der Waals surface area contributed by atoms with Crippen molar-refractivity contribution < 1.29 is 4.79 Å². The van der Waals surface area contributed by atoms with E-state index in [-0.39, 0.29) is 0 Å². The van der Waals surface area contributed by atoms with E-state index in [1.165, 1.54) is 0 Å². The molecule has 3 heteroatoms. The molecule has 2 nitrogen and oxygen atoms in total. The van der Waals surface area contributed by atoms with Gasteiger partial charge in [-0.15, -0.1) is 11.6 Å². The van der Waals surface area contributed by atoms with E-state index in [1.807, 2.05) is 12.2 Å². The standard InChI is InChI=1S/C9H10ClNO/c10-4-2-1-3-8-5-9(7-12)11-6-8/h1,3,5-7,11H,2,4H2. The highest BCUT2D eigenvalue weighted by molar-refractivity contribution is 6.17. The number of halogens is 1. The summed E-state index contributed by atoms with van der Waals surface area (Å²) in [5, 5.41) is 0. The molecule has 1 heterocycles. The van der Waals surface area contributed by atoms with Crippen LogP contribution in [0.25, 0.3) is 6.08 Å². The van der Waals surface area contributed by atoms with Crippen molar-refractivity contribution in [3.63, 3.8) is 0 Å². The highest BCUT2D eigenvalue weighted by Crippen LogP contribution is 2.04. The average Bonchev–Trinajstić information content (AvgIpc) is 2.53. The van der Waals surface area contributed by atoms with Crippen LogP contribution in [0.4, 0.5) is 0 Å². The number of hydrogen-bond donors (Lipinski definition) is 1. The van der Waals surface area contributed by atoms with Crippen LogP contribution in [0.3, 0.4) is 0 Å². The first-order chi connectivity index (χ1) is 5.86. The van der Waals surface area contributed by atoms with Gasteiger partial charge in [0, 0.05) is 12.1 Å². The third-order valence-corrected chi connectivity index (χ3v) is 1.66. The molecule has 0 amide bonds. The van der Waals surface area contributed by atoms with Crippen molar-refractivity contribution in [2.24, 2.45) is 0 Å². The van der Waals surface area contributed by atoms with Gasteiger partial charge in [-0.2, -0.15) is 0 Å². The number of aromatic amines is 1. The molecule has 1 aromatic heterocycles. The molecular formula is C9H10ClNO. The number of nitrogens with one attached hydrogen (secondary N) is 1. The second kappa shape index (κ2) is 4.78. The second-order valence-electron chi connectivity index (χ2n) is 2.39. The fourth-order valence-electron chi connectivity index (χ4n) is 0.876. The first-order valence-electron chi connectivity index (χ1n) is 3.73. The van der Waals surface area contributed by atoms with Gasteiger partial charge in [0.1, 0.15) is 0 Å². The quantitative estimate of drug-likeness (QED) is 0.565. The molecule has 0 saturated carbocycles. The Bertz CT molecular complexity index is 278. The van der Waals surface area contributed by atoms with Crippen LogP contribution in [0.15, 0.2) is 18.3 Å². The minimum Gasteiger partial charge on any atom is -0.358 e. The molecule has 0 fully saturated rings. The summed E-state index contributed by atoms with van der Waals surface area (Å²) in [7, 11) is 0. The zero-order valence-corrected chi connectivity index (χ0v) is 7.34. The number of carbonyl (C=O) groups excluding carboxylic acids is 1. The monoisotopic (exact) mass is 183 g/mol. The van der Waals surface area contributed by atoms with Crippen LogP contribution in [0.2, 0.25) is 0 Å². The summed E-state index contributed by atoms with van der Waals surface area (Å²) in [5.74, 6) is 0.626. The zero-order chi connectivity index (χ0) is 8.81. The highest BCUT2D eigenvalue weighted by atomic mass is 35.5. The van der Waals surface area contributed by atoms with Gasteiger partial charge in [-0.3, -0.25) is 4.79 Å². The molecule has 0 bridgehead atoms. The van der Waals surface area contributed by atoms with Gasteiger partial charge >= 0.3 is 0 Å². The van der Waals surface area contributed by atoms with Crippen LogP contribution in [-0.2, 0) is 0 Å². The van der Waals surface area contributed by atoms with Crippen LogP contribution in [-0.4, -0.2) is 17.2 Å². The Balaban J connectivity index is 2.57. The van der Waals surface area contributed by atoms with Crippen molar-refractivity contribution in [2.75, 3.05) is 5.88 Å². The van der Waals surface area contributed by atoms with Gasteiger partial charge in [0.15, 0.2) is 6.29 Å². The minimum atomic E-state index is 0.598.